The van der Waals surface area contributed by atoms with E-state index < -0.39 is 10.0 Å². The van der Waals surface area contributed by atoms with E-state index in [1.165, 1.54) is 24.6 Å². The minimum Gasteiger partial charge on any atom is -0.326 e. The van der Waals surface area contributed by atoms with Gasteiger partial charge in [0, 0.05) is 38.3 Å². The molecule has 26 heavy (non-hydrogen) atoms. The number of benzene rings is 2. The molecule has 1 saturated heterocycles. The number of hydrogen-bond acceptors (Lipinski definition) is 4. The van der Waals surface area contributed by atoms with Crippen LogP contribution >= 0.6 is 0 Å². The van der Waals surface area contributed by atoms with Crippen molar-refractivity contribution in [3.63, 3.8) is 0 Å². The van der Waals surface area contributed by atoms with E-state index in [0.29, 0.717) is 12.2 Å². The third kappa shape index (κ3) is 4.91. The lowest BCUT2D eigenvalue weighted by molar-refractivity contribution is -0.114. The van der Waals surface area contributed by atoms with Gasteiger partial charge in [-0.1, -0.05) is 30.3 Å². The minimum atomic E-state index is -3.57. The number of carbonyl (C=O) groups is 1. The van der Waals surface area contributed by atoms with E-state index >= 15 is 0 Å². The molecule has 1 aliphatic heterocycles. The van der Waals surface area contributed by atoms with Gasteiger partial charge in [-0.3, -0.25) is 9.69 Å². The van der Waals surface area contributed by atoms with E-state index in [2.05, 4.69) is 27.1 Å². The molecule has 6 nitrogen and oxygen atoms in total. The number of nitrogens with zero attached hydrogens (tertiary/aromatic N) is 1. The van der Waals surface area contributed by atoms with Gasteiger partial charge in [-0.2, -0.15) is 0 Å². The van der Waals surface area contributed by atoms with Gasteiger partial charge in [0.05, 0.1) is 4.90 Å². The van der Waals surface area contributed by atoms with Gasteiger partial charge in [-0.05, 0) is 36.2 Å². The van der Waals surface area contributed by atoms with Crippen LogP contribution in [0.4, 0.5) is 5.69 Å². The zero-order chi connectivity index (χ0) is 18.6. The quantitative estimate of drug-likeness (QED) is 0.814. The number of amides is 1. The van der Waals surface area contributed by atoms with Crippen molar-refractivity contribution in [3.8, 4) is 0 Å². The Kier molecular flexibility index (Phi) is 5.70. The van der Waals surface area contributed by atoms with Gasteiger partial charge >= 0.3 is 0 Å². The van der Waals surface area contributed by atoms with E-state index in [4.69, 9.17) is 0 Å². The van der Waals surface area contributed by atoms with Crippen LogP contribution in [0.15, 0.2) is 59.5 Å². The van der Waals surface area contributed by atoms with Gasteiger partial charge in [0.15, 0.2) is 0 Å². The highest BCUT2D eigenvalue weighted by Crippen LogP contribution is 2.18. The van der Waals surface area contributed by atoms with Crippen molar-refractivity contribution >= 4 is 21.6 Å². The molecular formula is C19H23N3O3S. The van der Waals surface area contributed by atoms with Crippen LogP contribution in [0.5, 0.6) is 0 Å². The minimum absolute atomic E-state index is 0.0984. The number of sulfonamides is 1. The predicted molar refractivity (Wildman–Crippen MR) is 101 cm³/mol. The first-order chi connectivity index (χ1) is 12.4. The Labute approximate surface area is 154 Å². The SMILES string of the molecule is CC(=O)Nc1ccc(S(=O)(=O)NC2CCN(Cc3ccccc3)C2)cc1. The zero-order valence-corrected chi connectivity index (χ0v) is 15.5. The van der Waals surface area contributed by atoms with Gasteiger partial charge in [0.2, 0.25) is 15.9 Å². The van der Waals surface area contributed by atoms with Gasteiger partial charge < -0.3 is 5.32 Å². The molecule has 1 atom stereocenters. The molecule has 0 aromatic heterocycles. The second-order valence-corrected chi connectivity index (χ2v) is 8.25. The molecule has 1 amide bonds. The maximum Gasteiger partial charge on any atom is 0.240 e. The number of likely N-dealkylation sites (tertiary alicyclic amines) is 1. The summed E-state index contributed by atoms with van der Waals surface area (Å²) in [5.74, 6) is -0.191. The van der Waals surface area contributed by atoms with E-state index in [0.717, 1.165) is 19.5 Å². The van der Waals surface area contributed by atoms with Crippen molar-refractivity contribution in [2.75, 3.05) is 18.4 Å². The van der Waals surface area contributed by atoms with Crippen molar-refractivity contribution in [2.45, 2.75) is 30.8 Å². The Morgan fingerprint density at radius 2 is 1.81 bits per heavy atom. The van der Waals surface area contributed by atoms with Crippen molar-refractivity contribution < 1.29 is 13.2 Å². The molecule has 2 aromatic carbocycles. The first-order valence-corrected chi connectivity index (χ1v) is 10.1. The van der Waals surface area contributed by atoms with Gasteiger partial charge in [0.1, 0.15) is 0 Å². The lowest BCUT2D eigenvalue weighted by atomic mass is 10.2. The van der Waals surface area contributed by atoms with Crippen LogP contribution in [-0.4, -0.2) is 38.4 Å². The average Bonchev–Trinajstić information content (AvgIpc) is 3.02. The van der Waals surface area contributed by atoms with Gasteiger partial charge in [-0.25, -0.2) is 13.1 Å². The Hall–Kier alpha value is -2.22. The third-order valence-electron chi connectivity index (χ3n) is 4.33. The molecule has 0 aliphatic carbocycles. The summed E-state index contributed by atoms with van der Waals surface area (Å²) in [6, 6.07) is 16.3. The maximum absolute atomic E-state index is 12.6. The Balaban J connectivity index is 1.58. The molecule has 0 radical (unpaired) electrons. The fraction of sp³-hybridized carbons (Fsp3) is 0.316. The summed E-state index contributed by atoms with van der Waals surface area (Å²) < 4.78 is 27.9. The second kappa shape index (κ2) is 7.99. The molecule has 7 heteroatoms. The summed E-state index contributed by atoms with van der Waals surface area (Å²) in [4.78, 5) is 13.5. The van der Waals surface area contributed by atoms with Crippen LogP contribution in [0.25, 0.3) is 0 Å². The van der Waals surface area contributed by atoms with Crippen LogP contribution in [0.2, 0.25) is 0 Å². The predicted octanol–water partition coefficient (Wildman–Crippen LogP) is 2.20. The molecule has 0 spiro atoms. The summed E-state index contributed by atoms with van der Waals surface area (Å²) in [6.07, 6.45) is 0.788. The fourth-order valence-electron chi connectivity index (χ4n) is 3.12. The molecule has 2 N–H and O–H groups in total. The van der Waals surface area contributed by atoms with Crippen LogP contribution in [-0.2, 0) is 21.4 Å². The Morgan fingerprint density at radius 3 is 2.46 bits per heavy atom. The zero-order valence-electron chi connectivity index (χ0n) is 14.7. The smallest absolute Gasteiger partial charge is 0.240 e. The highest BCUT2D eigenvalue weighted by molar-refractivity contribution is 7.89. The molecule has 1 fully saturated rings. The maximum atomic E-state index is 12.6. The summed E-state index contributed by atoms with van der Waals surface area (Å²) >= 11 is 0. The number of nitrogens with one attached hydrogen (secondary N) is 2. The van der Waals surface area contributed by atoms with Gasteiger partial charge in [-0.15, -0.1) is 0 Å². The Bertz CT molecular complexity index is 851. The lowest BCUT2D eigenvalue weighted by Gasteiger charge is -2.17. The van der Waals surface area contributed by atoms with E-state index in [9.17, 15) is 13.2 Å². The normalized spacial score (nSPS) is 18.0. The monoisotopic (exact) mass is 373 g/mol. The highest BCUT2D eigenvalue weighted by atomic mass is 32.2. The number of anilines is 1. The average molecular weight is 373 g/mol. The largest absolute Gasteiger partial charge is 0.326 e. The first-order valence-electron chi connectivity index (χ1n) is 8.59. The number of carbonyl (C=O) groups excluding carboxylic acids is 1. The van der Waals surface area contributed by atoms with Crippen molar-refractivity contribution in [1.29, 1.82) is 0 Å². The van der Waals surface area contributed by atoms with Crippen LogP contribution in [0, 0.1) is 0 Å². The molecule has 1 unspecified atom stereocenters. The van der Waals surface area contributed by atoms with Crippen molar-refractivity contribution in [1.82, 2.24) is 9.62 Å². The lowest BCUT2D eigenvalue weighted by Crippen LogP contribution is -2.36. The summed E-state index contributed by atoms with van der Waals surface area (Å²) in [7, 11) is -3.57. The molecule has 1 heterocycles. The molecule has 138 valence electrons. The van der Waals surface area contributed by atoms with Crippen LogP contribution in [0.3, 0.4) is 0 Å². The van der Waals surface area contributed by atoms with Crippen LogP contribution in [0.1, 0.15) is 18.9 Å². The summed E-state index contributed by atoms with van der Waals surface area (Å²) in [5, 5.41) is 2.62. The molecule has 0 saturated carbocycles. The van der Waals surface area contributed by atoms with E-state index in [1.54, 1.807) is 12.1 Å². The van der Waals surface area contributed by atoms with E-state index in [1.807, 2.05) is 18.2 Å². The topological polar surface area (TPSA) is 78.5 Å². The molecule has 0 bridgehead atoms. The van der Waals surface area contributed by atoms with E-state index in [-0.39, 0.29) is 16.8 Å². The Morgan fingerprint density at radius 1 is 1.12 bits per heavy atom. The molecule has 3 rings (SSSR count). The third-order valence-corrected chi connectivity index (χ3v) is 5.86. The summed E-state index contributed by atoms with van der Waals surface area (Å²) in [5.41, 5.74) is 1.80. The second-order valence-electron chi connectivity index (χ2n) is 6.53. The first kappa shape index (κ1) is 18.6. The number of hydrogen-bond donors (Lipinski definition) is 2. The van der Waals surface area contributed by atoms with Crippen LogP contribution < -0.4 is 10.0 Å². The fourth-order valence-corrected chi connectivity index (χ4v) is 4.38. The molecule has 1 aliphatic rings. The van der Waals surface area contributed by atoms with Crippen molar-refractivity contribution in [2.24, 2.45) is 0 Å². The molecule has 2 aromatic rings. The number of rotatable bonds is 6. The van der Waals surface area contributed by atoms with Crippen molar-refractivity contribution in [3.05, 3.63) is 60.2 Å². The summed E-state index contributed by atoms with van der Waals surface area (Å²) in [6.45, 7) is 3.79. The van der Waals surface area contributed by atoms with Gasteiger partial charge in [0.25, 0.3) is 0 Å². The molecular weight excluding hydrogens is 350 g/mol. The highest BCUT2D eigenvalue weighted by Gasteiger charge is 2.27. The standard InChI is InChI=1S/C19H23N3O3S/c1-15(23)20-17-7-9-19(10-8-17)26(24,25)21-18-11-12-22(14-18)13-16-5-3-2-4-6-16/h2-10,18,21H,11-14H2,1H3,(H,20,23).